The van der Waals surface area contributed by atoms with E-state index in [4.69, 9.17) is 4.74 Å². The Labute approximate surface area is 149 Å². The van der Waals surface area contributed by atoms with E-state index in [1.807, 2.05) is 6.26 Å². The van der Waals surface area contributed by atoms with Crippen molar-refractivity contribution >= 4 is 23.5 Å². The first kappa shape index (κ1) is 20.1. The molecule has 1 fully saturated rings. The number of Topliss-reactive ketones (excluding diaryl/α,β-unsaturated/α-hetero) is 1. The molecule has 2 aliphatic carbocycles. The van der Waals surface area contributed by atoms with Gasteiger partial charge in [-0.25, -0.2) is 4.79 Å². The largest absolute Gasteiger partial charge is 0.467 e. The van der Waals surface area contributed by atoms with Crippen molar-refractivity contribution in [2.45, 2.75) is 57.2 Å². The van der Waals surface area contributed by atoms with Crippen LogP contribution in [-0.2, 0) is 14.3 Å². The number of hydrogen-bond acceptors (Lipinski definition) is 5. The second-order valence-electron chi connectivity index (χ2n) is 6.70. The maximum absolute atomic E-state index is 13.1. The van der Waals surface area contributed by atoms with Crippen LogP contribution in [0.5, 0.6) is 0 Å². The van der Waals surface area contributed by atoms with Crippen molar-refractivity contribution in [2.24, 2.45) is 5.41 Å². The summed E-state index contributed by atoms with van der Waals surface area (Å²) in [5.74, 6) is -1.63. The average Bonchev–Trinajstić information content (AvgIpc) is 2.56. The molecule has 0 radical (unpaired) electrons. The molecule has 1 unspecified atom stereocenters. The summed E-state index contributed by atoms with van der Waals surface area (Å²) >= 11 is 1.53. The summed E-state index contributed by atoms with van der Waals surface area (Å²) in [7, 11) is 1.25. The summed E-state index contributed by atoms with van der Waals surface area (Å²) in [6.07, 6.45) is 1.65. The van der Waals surface area contributed by atoms with Gasteiger partial charge in [-0.2, -0.15) is 24.9 Å². The fourth-order valence-corrected chi connectivity index (χ4v) is 4.34. The zero-order valence-electron chi connectivity index (χ0n) is 14.5. The van der Waals surface area contributed by atoms with Gasteiger partial charge in [0.25, 0.3) is 5.78 Å². The van der Waals surface area contributed by atoms with E-state index < -0.39 is 29.4 Å². The number of methoxy groups -OCH3 is 1. The third-order valence-corrected chi connectivity index (χ3v) is 5.73. The van der Waals surface area contributed by atoms with E-state index in [9.17, 15) is 22.8 Å². The second kappa shape index (κ2) is 8.01. The normalized spacial score (nSPS) is 20.8. The lowest BCUT2D eigenvalue weighted by Gasteiger charge is -2.48. The van der Waals surface area contributed by atoms with E-state index >= 15 is 0 Å². The molecule has 25 heavy (non-hydrogen) atoms. The molecule has 0 aromatic heterocycles. The van der Waals surface area contributed by atoms with Crippen LogP contribution in [-0.4, -0.2) is 43.1 Å². The number of allylic oxidation sites excluding steroid dienone is 2. The number of rotatable bonds is 7. The molecule has 0 amide bonds. The number of hydrogen-bond donors (Lipinski definition) is 1. The van der Waals surface area contributed by atoms with E-state index in [1.54, 1.807) is 0 Å². The fourth-order valence-electron chi connectivity index (χ4n) is 3.86. The maximum atomic E-state index is 13.1. The van der Waals surface area contributed by atoms with Gasteiger partial charge < -0.3 is 10.1 Å². The van der Waals surface area contributed by atoms with Gasteiger partial charge in [-0.1, -0.05) is 19.3 Å². The highest BCUT2D eigenvalue weighted by molar-refractivity contribution is 7.98. The highest BCUT2D eigenvalue weighted by Gasteiger charge is 2.55. The van der Waals surface area contributed by atoms with Crippen LogP contribution in [0.25, 0.3) is 0 Å². The lowest BCUT2D eigenvalue weighted by molar-refractivity contribution is -0.169. The fraction of sp³-hybridized carbons (Fsp3) is 0.765. The van der Waals surface area contributed by atoms with Gasteiger partial charge in [0, 0.05) is 16.7 Å². The molecule has 1 saturated carbocycles. The number of carbonyl (C=O) groups is 2. The van der Waals surface area contributed by atoms with Crippen LogP contribution < -0.4 is 5.32 Å². The van der Waals surface area contributed by atoms with Crippen molar-refractivity contribution in [3.05, 3.63) is 11.3 Å². The molecule has 0 aromatic rings. The predicted octanol–water partition coefficient (Wildman–Crippen LogP) is 3.61. The summed E-state index contributed by atoms with van der Waals surface area (Å²) in [4.78, 5) is 23.9. The Morgan fingerprint density at radius 2 is 1.92 bits per heavy atom. The lowest BCUT2D eigenvalue weighted by atomic mass is 9.57. The molecular formula is C17H24F3NO3S. The van der Waals surface area contributed by atoms with Crippen molar-refractivity contribution in [1.82, 2.24) is 5.32 Å². The van der Waals surface area contributed by atoms with Crippen LogP contribution >= 0.6 is 11.8 Å². The number of halogens is 3. The van der Waals surface area contributed by atoms with E-state index in [0.717, 1.165) is 19.3 Å². The summed E-state index contributed by atoms with van der Waals surface area (Å²) in [6, 6.07) is -0.732. The number of alkyl halides is 3. The number of esters is 1. The van der Waals surface area contributed by atoms with Gasteiger partial charge in [0.15, 0.2) is 0 Å². The maximum Gasteiger partial charge on any atom is 0.454 e. The molecule has 0 heterocycles. The van der Waals surface area contributed by atoms with Gasteiger partial charge in [0.2, 0.25) is 0 Å². The van der Waals surface area contributed by atoms with Crippen LogP contribution in [0.15, 0.2) is 11.3 Å². The number of nitrogens with one attached hydrogen (secondary N) is 1. The average molecular weight is 379 g/mol. The van der Waals surface area contributed by atoms with Gasteiger partial charge in [0.05, 0.1) is 7.11 Å². The Morgan fingerprint density at radius 1 is 1.28 bits per heavy atom. The molecule has 2 aliphatic rings. The van der Waals surface area contributed by atoms with Crippen LogP contribution in [0.3, 0.4) is 0 Å². The Balaban J connectivity index is 2.28. The molecule has 0 aromatic carbocycles. The van der Waals surface area contributed by atoms with Crippen LogP contribution in [0.1, 0.15) is 44.9 Å². The molecular weight excluding hydrogens is 355 g/mol. The Morgan fingerprint density at radius 3 is 2.44 bits per heavy atom. The quantitative estimate of drug-likeness (QED) is 0.685. The minimum absolute atomic E-state index is 0.155. The molecule has 1 spiro atoms. The van der Waals surface area contributed by atoms with Crippen LogP contribution in [0, 0.1) is 5.41 Å². The minimum atomic E-state index is -4.90. The second-order valence-corrected chi connectivity index (χ2v) is 7.69. The van der Waals surface area contributed by atoms with E-state index in [-0.39, 0.29) is 11.3 Å². The standard InChI is InChI=1S/C17H24F3NO3S/c1-24-15(23)11(6-9-25-2)21-12-10-16(7-4-3-5-8-16)13(12)14(22)17(18,19)20/h11,21H,3-10H2,1-2H3. The van der Waals surface area contributed by atoms with Crippen LogP contribution in [0.2, 0.25) is 0 Å². The summed E-state index contributed by atoms with van der Waals surface area (Å²) in [6.45, 7) is 0. The smallest absolute Gasteiger partial charge is 0.454 e. The Bertz CT molecular complexity index is 554. The molecule has 1 atom stereocenters. The van der Waals surface area contributed by atoms with Crippen molar-refractivity contribution in [3.63, 3.8) is 0 Å². The van der Waals surface area contributed by atoms with Crippen LogP contribution in [0.4, 0.5) is 13.2 Å². The van der Waals surface area contributed by atoms with Crippen molar-refractivity contribution in [2.75, 3.05) is 19.1 Å². The number of ether oxygens (including phenoxy) is 1. The predicted molar refractivity (Wildman–Crippen MR) is 90.2 cm³/mol. The van der Waals surface area contributed by atoms with Crippen molar-refractivity contribution in [1.29, 1.82) is 0 Å². The van der Waals surface area contributed by atoms with Crippen molar-refractivity contribution < 1.29 is 27.5 Å². The molecule has 0 bridgehead atoms. The molecule has 142 valence electrons. The minimum Gasteiger partial charge on any atom is -0.467 e. The third kappa shape index (κ3) is 4.33. The first-order valence-electron chi connectivity index (χ1n) is 8.43. The number of thioether (sulfide) groups is 1. The van der Waals surface area contributed by atoms with E-state index in [1.165, 1.54) is 18.9 Å². The van der Waals surface area contributed by atoms with Gasteiger partial charge in [-0.3, -0.25) is 4.79 Å². The molecule has 0 aliphatic heterocycles. The first-order chi connectivity index (χ1) is 11.7. The molecule has 2 rings (SSSR count). The Hall–Kier alpha value is -1.18. The van der Waals surface area contributed by atoms with Crippen molar-refractivity contribution in [3.8, 4) is 0 Å². The molecule has 1 N–H and O–H groups in total. The lowest BCUT2D eigenvalue weighted by Crippen LogP contribution is -2.50. The summed E-state index contributed by atoms with van der Waals surface area (Å²) in [5.41, 5.74) is -0.564. The third-order valence-electron chi connectivity index (χ3n) is 5.09. The molecule has 4 nitrogen and oxygen atoms in total. The van der Waals surface area contributed by atoms with Gasteiger partial charge in [-0.15, -0.1) is 0 Å². The van der Waals surface area contributed by atoms with E-state index in [0.29, 0.717) is 31.4 Å². The van der Waals surface area contributed by atoms with Gasteiger partial charge in [0.1, 0.15) is 6.04 Å². The van der Waals surface area contributed by atoms with Gasteiger partial charge >= 0.3 is 12.1 Å². The highest BCUT2D eigenvalue weighted by atomic mass is 32.2. The Kier molecular flexibility index (Phi) is 6.45. The number of carbonyl (C=O) groups excluding carboxylic acids is 2. The first-order valence-corrected chi connectivity index (χ1v) is 9.83. The topological polar surface area (TPSA) is 55.4 Å². The summed E-state index contributed by atoms with van der Waals surface area (Å²) in [5, 5.41) is 2.88. The van der Waals surface area contributed by atoms with E-state index in [2.05, 4.69) is 5.32 Å². The SMILES string of the molecule is COC(=O)C(CCSC)NC1=C(C(=O)C(F)(F)F)C2(CCCCC2)C1. The number of ketones is 1. The van der Waals surface area contributed by atoms with Gasteiger partial charge in [-0.05, 0) is 37.7 Å². The monoisotopic (exact) mass is 379 g/mol. The highest BCUT2D eigenvalue weighted by Crippen LogP contribution is 2.56. The molecule has 8 heteroatoms. The zero-order chi connectivity index (χ0) is 18.7. The summed E-state index contributed by atoms with van der Waals surface area (Å²) < 4.78 is 44.0. The zero-order valence-corrected chi connectivity index (χ0v) is 15.3. The molecule has 0 saturated heterocycles.